The van der Waals surface area contributed by atoms with Crippen molar-refractivity contribution < 1.29 is 17.9 Å². The molecule has 1 fully saturated rings. The zero-order valence-electron chi connectivity index (χ0n) is 21.6. The Morgan fingerprint density at radius 2 is 1.87 bits per heavy atom. The maximum absolute atomic E-state index is 13.0. The molecule has 0 atom stereocenters. The van der Waals surface area contributed by atoms with Crippen LogP contribution in [0.25, 0.3) is 0 Å². The summed E-state index contributed by atoms with van der Waals surface area (Å²) in [4.78, 5) is 15.4. The van der Waals surface area contributed by atoms with Gasteiger partial charge < -0.3 is 25.7 Å². The molecule has 3 aromatic rings. The number of anilines is 3. The minimum atomic E-state index is -3.26. The Labute approximate surface area is 223 Å². The number of benzene rings is 3. The van der Waals surface area contributed by atoms with Crippen LogP contribution in [0.4, 0.5) is 17.1 Å². The Bertz CT molecular complexity index is 1480. The first-order valence-corrected chi connectivity index (χ1v) is 14.7. The molecule has 1 aliphatic carbocycles. The van der Waals surface area contributed by atoms with E-state index in [9.17, 15) is 13.2 Å². The summed E-state index contributed by atoms with van der Waals surface area (Å²) in [6.45, 7) is 1.54. The van der Waals surface area contributed by atoms with Gasteiger partial charge in [0, 0.05) is 49.4 Å². The number of sulfone groups is 1. The lowest BCUT2D eigenvalue weighted by Gasteiger charge is -2.28. The molecule has 2 aliphatic rings. The number of nitrogens with zero attached hydrogens (tertiary/aromatic N) is 1. The van der Waals surface area contributed by atoms with Crippen molar-refractivity contribution in [3.8, 4) is 5.75 Å². The van der Waals surface area contributed by atoms with Crippen molar-refractivity contribution in [2.24, 2.45) is 0 Å². The number of hydrogen-bond donors (Lipinski definition) is 3. The van der Waals surface area contributed by atoms with Crippen LogP contribution in [0, 0.1) is 5.41 Å². The molecule has 198 valence electrons. The van der Waals surface area contributed by atoms with Gasteiger partial charge in [-0.25, -0.2) is 8.42 Å². The molecule has 0 spiro atoms. The van der Waals surface area contributed by atoms with Gasteiger partial charge in [0.2, 0.25) is 0 Å². The first kappa shape index (κ1) is 25.8. The molecule has 1 heterocycles. The predicted molar refractivity (Wildman–Crippen MR) is 150 cm³/mol. The highest BCUT2D eigenvalue weighted by atomic mass is 32.2. The fourth-order valence-corrected chi connectivity index (χ4v) is 5.43. The minimum Gasteiger partial charge on any atom is -0.491 e. The predicted octanol–water partition coefficient (Wildman–Crippen LogP) is 4.86. The zero-order chi connectivity index (χ0) is 26.9. The Morgan fingerprint density at radius 3 is 2.53 bits per heavy atom. The van der Waals surface area contributed by atoms with Gasteiger partial charge in [0.15, 0.2) is 9.84 Å². The number of carbonyl (C=O) groups is 1. The van der Waals surface area contributed by atoms with Gasteiger partial charge in [0.25, 0.3) is 5.91 Å². The smallest absolute Gasteiger partial charge is 0.251 e. The fourth-order valence-electron chi connectivity index (χ4n) is 4.80. The van der Waals surface area contributed by atoms with Gasteiger partial charge in [0.1, 0.15) is 5.75 Å². The van der Waals surface area contributed by atoms with Crippen LogP contribution in [-0.2, 0) is 16.4 Å². The Balaban J connectivity index is 1.40. The van der Waals surface area contributed by atoms with Gasteiger partial charge in [-0.3, -0.25) is 4.79 Å². The van der Waals surface area contributed by atoms with Crippen molar-refractivity contribution in [3.05, 3.63) is 76.9 Å². The van der Waals surface area contributed by atoms with Gasteiger partial charge in [-0.05, 0) is 78.8 Å². The largest absolute Gasteiger partial charge is 0.491 e. The fraction of sp³-hybridized carbons (Fsp3) is 0.310. The van der Waals surface area contributed by atoms with E-state index in [2.05, 4.69) is 27.7 Å². The summed E-state index contributed by atoms with van der Waals surface area (Å²) in [5.41, 5.74) is 6.16. The molecule has 0 aromatic heterocycles. The Morgan fingerprint density at radius 1 is 1.11 bits per heavy atom. The SMILES string of the molecule is CNc1cc(C2CC2)cc(N2CCCOc3cc(C(=O)NCc4ccc(S(C)(=O)=O)cc4)ccc32)c1C=N. The maximum atomic E-state index is 13.0. The Hall–Kier alpha value is -3.85. The molecule has 1 saturated carbocycles. The van der Waals surface area contributed by atoms with E-state index in [1.165, 1.54) is 30.9 Å². The standard InChI is InChI=1S/C29H32N4O4S/c1-31-25-14-22(20-6-7-20)15-27(24(25)17-30)33-12-3-13-37-28-16-21(8-11-26(28)33)29(34)32-18-19-4-9-23(10-5-19)38(2,35)36/h4-5,8-11,14-17,20,30-31H,3,6-7,12-13,18H2,1-2H3,(H,32,34). The van der Waals surface area contributed by atoms with Crippen molar-refractivity contribution in [2.75, 3.05) is 36.7 Å². The number of hydrogen-bond acceptors (Lipinski definition) is 7. The molecule has 5 rings (SSSR count). The number of amides is 1. The minimum absolute atomic E-state index is 0.243. The monoisotopic (exact) mass is 532 g/mol. The average Bonchev–Trinajstić information content (AvgIpc) is 3.78. The number of ether oxygens (including phenoxy) is 1. The molecular formula is C29H32N4O4S. The van der Waals surface area contributed by atoms with E-state index < -0.39 is 9.84 Å². The van der Waals surface area contributed by atoms with E-state index in [-0.39, 0.29) is 17.3 Å². The molecule has 0 radical (unpaired) electrons. The van der Waals surface area contributed by atoms with Gasteiger partial charge in [0.05, 0.1) is 22.9 Å². The summed E-state index contributed by atoms with van der Waals surface area (Å²) in [6, 6.07) is 16.3. The van der Waals surface area contributed by atoms with Crippen LogP contribution < -0.4 is 20.3 Å². The van der Waals surface area contributed by atoms with E-state index in [0.29, 0.717) is 23.8 Å². The Kier molecular flexibility index (Phi) is 7.12. The third-order valence-corrected chi connectivity index (χ3v) is 8.16. The third-order valence-electron chi connectivity index (χ3n) is 7.03. The zero-order valence-corrected chi connectivity index (χ0v) is 22.4. The lowest BCUT2D eigenvalue weighted by molar-refractivity contribution is 0.0950. The van der Waals surface area contributed by atoms with Gasteiger partial charge in [-0.2, -0.15) is 0 Å². The normalized spacial score (nSPS) is 15.2. The van der Waals surface area contributed by atoms with Crippen LogP contribution in [0.2, 0.25) is 0 Å². The first-order valence-electron chi connectivity index (χ1n) is 12.8. The summed E-state index contributed by atoms with van der Waals surface area (Å²) >= 11 is 0. The number of nitrogens with one attached hydrogen (secondary N) is 3. The molecule has 8 nitrogen and oxygen atoms in total. The number of fused-ring (bicyclic) bond motifs is 1. The molecule has 0 saturated heterocycles. The van der Waals surface area contributed by atoms with Crippen LogP contribution in [-0.4, -0.2) is 47.0 Å². The molecule has 38 heavy (non-hydrogen) atoms. The van der Waals surface area contributed by atoms with Crippen molar-refractivity contribution in [1.82, 2.24) is 5.32 Å². The molecule has 3 aromatic carbocycles. The van der Waals surface area contributed by atoms with Crippen molar-refractivity contribution in [2.45, 2.75) is 36.6 Å². The lowest BCUT2D eigenvalue weighted by atomic mass is 10.0. The van der Waals surface area contributed by atoms with E-state index in [1.807, 2.05) is 13.1 Å². The summed E-state index contributed by atoms with van der Waals surface area (Å²) in [5, 5.41) is 14.3. The summed E-state index contributed by atoms with van der Waals surface area (Å²) in [6.07, 6.45) is 5.74. The van der Waals surface area contributed by atoms with Crippen molar-refractivity contribution in [3.63, 3.8) is 0 Å². The van der Waals surface area contributed by atoms with Crippen LogP contribution in [0.3, 0.4) is 0 Å². The summed E-state index contributed by atoms with van der Waals surface area (Å²) in [5.74, 6) is 0.955. The van der Waals surface area contributed by atoms with E-state index in [0.717, 1.165) is 41.2 Å². The van der Waals surface area contributed by atoms with Gasteiger partial charge in [-0.1, -0.05) is 12.1 Å². The van der Waals surface area contributed by atoms with Gasteiger partial charge in [-0.15, -0.1) is 0 Å². The van der Waals surface area contributed by atoms with E-state index >= 15 is 0 Å². The molecule has 0 bridgehead atoms. The second kappa shape index (κ2) is 10.5. The van der Waals surface area contributed by atoms with E-state index in [4.69, 9.17) is 10.1 Å². The summed E-state index contributed by atoms with van der Waals surface area (Å²) < 4.78 is 29.4. The second-order valence-corrected chi connectivity index (χ2v) is 11.8. The van der Waals surface area contributed by atoms with Crippen molar-refractivity contribution >= 4 is 39.0 Å². The number of carbonyl (C=O) groups excluding carboxylic acids is 1. The van der Waals surface area contributed by atoms with Crippen molar-refractivity contribution in [1.29, 1.82) is 5.41 Å². The van der Waals surface area contributed by atoms with Crippen LogP contribution in [0.15, 0.2) is 59.5 Å². The maximum Gasteiger partial charge on any atom is 0.251 e. The van der Waals surface area contributed by atoms with E-state index in [1.54, 1.807) is 36.4 Å². The highest BCUT2D eigenvalue weighted by Crippen LogP contribution is 2.46. The topological polar surface area (TPSA) is 112 Å². The quantitative estimate of drug-likeness (QED) is 0.358. The van der Waals surface area contributed by atoms with Crippen LogP contribution in [0.1, 0.15) is 52.2 Å². The lowest BCUT2D eigenvalue weighted by Crippen LogP contribution is -2.23. The van der Waals surface area contributed by atoms with Crippen LogP contribution >= 0.6 is 0 Å². The highest BCUT2D eigenvalue weighted by Gasteiger charge is 2.28. The molecule has 3 N–H and O–H groups in total. The van der Waals surface area contributed by atoms with Gasteiger partial charge >= 0.3 is 0 Å². The summed E-state index contributed by atoms with van der Waals surface area (Å²) in [7, 11) is -1.38. The molecular weight excluding hydrogens is 500 g/mol. The molecule has 9 heteroatoms. The first-order chi connectivity index (χ1) is 18.3. The number of rotatable bonds is 8. The second-order valence-electron chi connectivity index (χ2n) is 9.80. The molecule has 0 unspecified atom stereocenters. The third kappa shape index (κ3) is 5.38. The molecule has 1 amide bonds. The average molecular weight is 533 g/mol. The van der Waals surface area contributed by atoms with Crippen LogP contribution in [0.5, 0.6) is 5.75 Å². The molecule has 1 aliphatic heterocycles. The highest BCUT2D eigenvalue weighted by molar-refractivity contribution is 7.90.